The Bertz CT molecular complexity index is 2280. The van der Waals surface area contributed by atoms with E-state index >= 15 is 0 Å². The monoisotopic (exact) mass is 566 g/mol. The molecule has 1 heterocycles. The third-order valence-electron chi connectivity index (χ3n) is 8.41. The van der Waals surface area contributed by atoms with E-state index in [1.165, 1.54) is 11.1 Å². The van der Waals surface area contributed by atoms with Crippen LogP contribution >= 0.6 is 0 Å². The van der Waals surface area contributed by atoms with Gasteiger partial charge in [-0.3, -0.25) is 4.57 Å². The van der Waals surface area contributed by atoms with E-state index in [0.717, 1.165) is 60.8 Å². The first-order chi connectivity index (χ1) is 21.7. The minimum atomic E-state index is -1.53. The summed E-state index contributed by atoms with van der Waals surface area (Å²) in [5.41, 5.74) is 8.94. The highest BCUT2D eigenvalue weighted by Crippen LogP contribution is 2.41. The van der Waals surface area contributed by atoms with Crippen molar-refractivity contribution in [1.82, 2.24) is 9.55 Å². The molecule has 5 heteroatoms. The van der Waals surface area contributed by atoms with E-state index in [0.29, 0.717) is 5.46 Å². The summed E-state index contributed by atoms with van der Waals surface area (Å²) < 4.78 is 2.23. The Hall–Kier alpha value is -5.49. The highest BCUT2D eigenvalue weighted by Gasteiger charge is 2.21. The van der Waals surface area contributed by atoms with Gasteiger partial charge in [-0.15, -0.1) is 0 Å². The topological polar surface area (TPSA) is 58.3 Å². The van der Waals surface area contributed by atoms with Crippen molar-refractivity contribution in [2.45, 2.75) is 0 Å². The predicted octanol–water partition coefficient (Wildman–Crippen LogP) is 8.01. The lowest BCUT2D eigenvalue weighted by molar-refractivity contribution is 0.426. The number of fused-ring (bicyclic) bond motifs is 6. The predicted molar refractivity (Wildman–Crippen MR) is 182 cm³/mol. The summed E-state index contributed by atoms with van der Waals surface area (Å²) in [5, 5.41) is 23.9. The molecule has 0 saturated carbocycles. The lowest BCUT2D eigenvalue weighted by Gasteiger charge is -2.14. The average molecular weight is 566 g/mol. The second kappa shape index (κ2) is 10.7. The molecular formula is C39H27BN2O2. The summed E-state index contributed by atoms with van der Waals surface area (Å²) in [5.74, 6) is 0.790. The molecule has 208 valence electrons. The van der Waals surface area contributed by atoms with Crippen LogP contribution in [0.5, 0.6) is 0 Å². The van der Waals surface area contributed by atoms with Gasteiger partial charge in [-0.1, -0.05) is 127 Å². The molecule has 2 N–H and O–H groups in total. The van der Waals surface area contributed by atoms with E-state index in [1.807, 2.05) is 42.5 Å². The molecule has 0 spiro atoms. The molecule has 0 fully saturated rings. The molecule has 0 bridgehead atoms. The average Bonchev–Trinajstić information content (AvgIpc) is 3.50. The quantitative estimate of drug-likeness (QED) is 0.164. The molecule has 0 amide bonds. The molecule has 44 heavy (non-hydrogen) atoms. The number of hydrogen-bond donors (Lipinski definition) is 2. The first kappa shape index (κ1) is 26.2. The van der Waals surface area contributed by atoms with Crippen LogP contribution in [0.3, 0.4) is 0 Å². The highest BCUT2D eigenvalue weighted by molar-refractivity contribution is 6.58. The zero-order valence-corrected chi connectivity index (χ0v) is 23.8. The van der Waals surface area contributed by atoms with Gasteiger partial charge in [0.1, 0.15) is 5.82 Å². The van der Waals surface area contributed by atoms with Gasteiger partial charge in [0.2, 0.25) is 0 Å². The Morgan fingerprint density at radius 2 is 0.955 bits per heavy atom. The van der Waals surface area contributed by atoms with Crippen LogP contribution in [0.1, 0.15) is 0 Å². The normalized spacial score (nSPS) is 11.4. The van der Waals surface area contributed by atoms with Crippen molar-refractivity contribution in [2.75, 3.05) is 0 Å². The van der Waals surface area contributed by atoms with Crippen LogP contribution < -0.4 is 5.46 Å². The van der Waals surface area contributed by atoms with Crippen molar-refractivity contribution < 1.29 is 10.0 Å². The first-order valence-electron chi connectivity index (χ1n) is 14.7. The van der Waals surface area contributed by atoms with Gasteiger partial charge in [-0.25, -0.2) is 4.98 Å². The van der Waals surface area contributed by atoms with Crippen molar-refractivity contribution in [2.24, 2.45) is 0 Å². The van der Waals surface area contributed by atoms with Crippen LogP contribution in [-0.2, 0) is 0 Å². The van der Waals surface area contributed by atoms with Crippen LogP contribution in [0.25, 0.3) is 71.9 Å². The first-order valence-corrected chi connectivity index (χ1v) is 14.7. The number of hydrogen-bond acceptors (Lipinski definition) is 3. The number of imidazole rings is 1. The fourth-order valence-electron chi connectivity index (χ4n) is 6.25. The summed E-state index contributed by atoms with van der Waals surface area (Å²) in [6.07, 6.45) is 0. The minimum Gasteiger partial charge on any atom is -0.423 e. The van der Waals surface area contributed by atoms with Crippen LogP contribution in [-0.4, -0.2) is 26.7 Å². The van der Waals surface area contributed by atoms with Crippen molar-refractivity contribution in [3.63, 3.8) is 0 Å². The Morgan fingerprint density at radius 3 is 1.52 bits per heavy atom. The van der Waals surface area contributed by atoms with Crippen LogP contribution in [0.15, 0.2) is 152 Å². The van der Waals surface area contributed by atoms with Crippen LogP contribution in [0.4, 0.5) is 0 Å². The second-order valence-corrected chi connectivity index (χ2v) is 11.1. The van der Waals surface area contributed by atoms with Gasteiger partial charge in [0.05, 0.1) is 11.0 Å². The maximum Gasteiger partial charge on any atom is 0.488 e. The standard InChI is InChI=1S/C39H27BN2O2/c43-40(44)31-20-16-28(17-21-31)39-41-37-33-22-18-29(26-10-4-1-5-11-26)24-35(33)36-25-30(27-12-6-2-7-13-27)19-23-34(36)38(37)42(39)32-14-8-3-9-15-32/h1-25,43-44H. The van der Waals surface area contributed by atoms with E-state index in [1.54, 1.807) is 12.1 Å². The molecule has 1 aromatic heterocycles. The Kier molecular flexibility index (Phi) is 6.34. The molecule has 4 nitrogen and oxygen atoms in total. The Labute approximate surface area is 255 Å². The maximum atomic E-state index is 9.71. The molecule has 0 radical (unpaired) electrons. The van der Waals surface area contributed by atoms with Gasteiger partial charge in [0, 0.05) is 22.0 Å². The molecule has 0 saturated heterocycles. The molecule has 0 aliphatic heterocycles. The molecule has 8 rings (SSSR count). The molecular weight excluding hydrogens is 539 g/mol. The molecule has 0 aliphatic rings. The van der Waals surface area contributed by atoms with Gasteiger partial charge in [0.25, 0.3) is 0 Å². The molecule has 0 atom stereocenters. The van der Waals surface area contributed by atoms with Gasteiger partial charge in [0.15, 0.2) is 0 Å². The molecule has 0 aliphatic carbocycles. The smallest absolute Gasteiger partial charge is 0.423 e. The Balaban J connectivity index is 1.50. The molecule has 7 aromatic carbocycles. The van der Waals surface area contributed by atoms with Crippen molar-refractivity contribution >= 4 is 45.2 Å². The maximum absolute atomic E-state index is 9.71. The van der Waals surface area contributed by atoms with Gasteiger partial charge in [-0.2, -0.15) is 0 Å². The third-order valence-corrected chi connectivity index (χ3v) is 8.41. The lowest BCUT2D eigenvalue weighted by atomic mass is 9.80. The fraction of sp³-hybridized carbons (Fsp3) is 0. The Morgan fingerprint density at radius 1 is 0.455 bits per heavy atom. The number of benzene rings is 7. The zero-order valence-electron chi connectivity index (χ0n) is 23.8. The minimum absolute atomic E-state index is 0.439. The molecule has 8 aromatic rings. The van der Waals surface area contributed by atoms with Crippen LogP contribution in [0, 0.1) is 0 Å². The lowest BCUT2D eigenvalue weighted by Crippen LogP contribution is -2.29. The molecule has 0 unspecified atom stereocenters. The van der Waals surface area contributed by atoms with E-state index in [9.17, 15) is 10.0 Å². The number of aromatic nitrogens is 2. The summed E-state index contributed by atoms with van der Waals surface area (Å²) in [6.45, 7) is 0. The van der Waals surface area contributed by atoms with Crippen molar-refractivity contribution in [1.29, 1.82) is 0 Å². The van der Waals surface area contributed by atoms with Gasteiger partial charge >= 0.3 is 7.12 Å². The van der Waals surface area contributed by atoms with E-state index < -0.39 is 7.12 Å². The number of rotatable bonds is 5. The summed E-state index contributed by atoms with van der Waals surface area (Å²) in [4.78, 5) is 5.33. The van der Waals surface area contributed by atoms with E-state index in [4.69, 9.17) is 4.98 Å². The van der Waals surface area contributed by atoms with Gasteiger partial charge < -0.3 is 10.0 Å². The third kappa shape index (κ3) is 4.38. The van der Waals surface area contributed by atoms with Crippen LogP contribution in [0.2, 0.25) is 0 Å². The van der Waals surface area contributed by atoms with Crippen molar-refractivity contribution in [3.8, 4) is 39.3 Å². The second-order valence-electron chi connectivity index (χ2n) is 11.1. The van der Waals surface area contributed by atoms with E-state index in [2.05, 4.69) is 102 Å². The SMILES string of the molecule is OB(O)c1ccc(-c2nc3c4ccc(-c5ccccc5)cc4c4cc(-c5ccccc5)ccc4c3n2-c2ccccc2)cc1. The van der Waals surface area contributed by atoms with Crippen molar-refractivity contribution in [3.05, 3.63) is 152 Å². The zero-order chi connectivity index (χ0) is 29.6. The summed E-state index contributed by atoms with van der Waals surface area (Å²) in [6, 6.07) is 52.0. The van der Waals surface area contributed by atoms with E-state index in [-0.39, 0.29) is 0 Å². The summed E-state index contributed by atoms with van der Waals surface area (Å²) in [7, 11) is -1.53. The highest BCUT2D eigenvalue weighted by atomic mass is 16.4. The fourth-order valence-corrected chi connectivity index (χ4v) is 6.25. The number of para-hydroxylation sites is 1. The largest absolute Gasteiger partial charge is 0.488 e. The number of nitrogens with zero attached hydrogens (tertiary/aromatic N) is 2. The van der Waals surface area contributed by atoms with Gasteiger partial charge in [-0.05, 0) is 62.8 Å². The summed E-state index contributed by atoms with van der Waals surface area (Å²) >= 11 is 0.